The molecule has 17 heavy (non-hydrogen) atoms. The number of hydrogen-bond donors (Lipinski definition) is 2. The van der Waals surface area contributed by atoms with Gasteiger partial charge in [-0.2, -0.15) is 0 Å². The molecule has 1 heterocycles. The van der Waals surface area contributed by atoms with Gasteiger partial charge in [0.2, 0.25) is 0 Å². The molecule has 0 radical (unpaired) electrons. The summed E-state index contributed by atoms with van der Waals surface area (Å²) >= 11 is 5.60. The standard InChI is InChI=1S/C12H11ClFN3/c1-7-2-5-11(15)12(16-7)17-8-3-4-9(13)10(14)6-8/h2-6H,15H2,1H3,(H,16,17). The fourth-order valence-electron chi connectivity index (χ4n) is 1.38. The number of rotatable bonds is 2. The molecule has 0 aliphatic heterocycles. The molecular formula is C12H11ClFN3. The number of nitrogens with one attached hydrogen (secondary N) is 1. The van der Waals surface area contributed by atoms with Crippen LogP contribution in [0.4, 0.5) is 21.6 Å². The van der Waals surface area contributed by atoms with E-state index in [1.54, 1.807) is 12.1 Å². The Hall–Kier alpha value is -1.81. The molecule has 0 atom stereocenters. The maximum atomic E-state index is 13.2. The molecule has 5 heteroatoms. The van der Waals surface area contributed by atoms with Gasteiger partial charge in [-0.05, 0) is 37.3 Å². The SMILES string of the molecule is Cc1ccc(N)c(Nc2ccc(Cl)c(F)c2)n1. The Bertz CT molecular complexity index is 557. The molecule has 0 amide bonds. The first-order valence-electron chi connectivity index (χ1n) is 5.01. The summed E-state index contributed by atoms with van der Waals surface area (Å²) in [5.41, 5.74) is 7.65. The molecule has 0 unspecified atom stereocenters. The van der Waals surface area contributed by atoms with Crippen molar-refractivity contribution in [1.29, 1.82) is 0 Å². The smallest absolute Gasteiger partial charge is 0.153 e. The molecule has 0 saturated heterocycles. The first-order chi connectivity index (χ1) is 8.06. The molecular weight excluding hydrogens is 241 g/mol. The fourth-order valence-corrected chi connectivity index (χ4v) is 1.50. The van der Waals surface area contributed by atoms with E-state index in [2.05, 4.69) is 10.3 Å². The van der Waals surface area contributed by atoms with Crippen molar-refractivity contribution in [2.45, 2.75) is 6.92 Å². The van der Waals surface area contributed by atoms with Gasteiger partial charge in [-0.15, -0.1) is 0 Å². The van der Waals surface area contributed by atoms with Crippen LogP contribution in [-0.4, -0.2) is 4.98 Å². The zero-order chi connectivity index (χ0) is 12.4. The Balaban J connectivity index is 2.31. The van der Waals surface area contributed by atoms with E-state index in [0.717, 1.165) is 5.69 Å². The van der Waals surface area contributed by atoms with E-state index >= 15 is 0 Å². The molecule has 0 fully saturated rings. The minimum absolute atomic E-state index is 0.0840. The molecule has 0 saturated carbocycles. The summed E-state index contributed by atoms with van der Waals surface area (Å²) < 4.78 is 13.2. The lowest BCUT2D eigenvalue weighted by Gasteiger charge is -2.09. The minimum Gasteiger partial charge on any atom is -0.396 e. The lowest BCUT2D eigenvalue weighted by Crippen LogP contribution is -2.00. The van der Waals surface area contributed by atoms with Crippen LogP contribution in [-0.2, 0) is 0 Å². The van der Waals surface area contributed by atoms with Crippen LogP contribution < -0.4 is 11.1 Å². The van der Waals surface area contributed by atoms with Crippen LogP contribution in [0.5, 0.6) is 0 Å². The average molecular weight is 252 g/mol. The summed E-state index contributed by atoms with van der Waals surface area (Å²) in [6.45, 7) is 1.85. The summed E-state index contributed by atoms with van der Waals surface area (Å²) in [6.07, 6.45) is 0. The predicted octanol–water partition coefficient (Wildman–Crippen LogP) is 3.51. The van der Waals surface area contributed by atoms with E-state index in [4.69, 9.17) is 17.3 Å². The number of nitrogens with two attached hydrogens (primary N) is 1. The van der Waals surface area contributed by atoms with Gasteiger partial charge in [0.1, 0.15) is 5.82 Å². The largest absolute Gasteiger partial charge is 0.396 e. The van der Waals surface area contributed by atoms with Crippen LogP contribution in [0.15, 0.2) is 30.3 Å². The highest BCUT2D eigenvalue weighted by atomic mass is 35.5. The zero-order valence-electron chi connectivity index (χ0n) is 9.17. The minimum atomic E-state index is -0.483. The van der Waals surface area contributed by atoms with Gasteiger partial charge in [-0.3, -0.25) is 0 Å². The van der Waals surface area contributed by atoms with Gasteiger partial charge in [-0.1, -0.05) is 11.6 Å². The first-order valence-corrected chi connectivity index (χ1v) is 5.39. The Morgan fingerprint density at radius 2 is 2.06 bits per heavy atom. The number of nitrogens with zero attached hydrogens (tertiary/aromatic N) is 1. The molecule has 2 rings (SSSR count). The van der Waals surface area contributed by atoms with Gasteiger partial charge in [-0.25, -0.2) is 9.37 Å². The lowest BCUT2D eigenvalue weighted by molar-refractivity contribution is 0.629. The van der Waals surface area contributed by atoms with E-state index < -0.39 is 5.82 Å². The highest BCUT2D eigenvalue weighted by Gasteiger charge is 2.04. The number of benzene rings is 1. The van der Waals surface area contributed by atoms with Crippen molar-refractivity contribution in [2.24, 2.45) is 0 Å². The lowest BCUT2D eigenvalue weighted by atomic mass is 10.3. The Morgan fingerprint density at radius 3 is 2.76 bits per heavy atom. The van der Waals surface area contributed by atoms with E-state index in [1.165, 1.54) is 12.1 Å². The first kappa shape index (κ1) is 11.7. The van der Waals surface area contributed by atoms with Crippen LogP contribution in [0.25, 0.3) is 0 Å². The molecule has 3 nitrogen and oxygen atoms in total. The molecule has 3 N–H and O–H groups in total. The highest BCUT2D eigenvalue weighted by Crippen LogP contribution is 2.24. The van der Waals surface area contributed by atoms with Crippen molar-refractivity contribution in [3.63, 3.8) is 0 Å². The van der Waals surface area contributed by atoms with Gasteiger partial charge >= 0.3 is 0 Å². The second kappa shape index (κ2) is 4.59. The monoisotopic (exact) mass is 251 g/mol. The Morgan fingerprint density at radius 1 is 1.29 bits per heavy atom. The number of aryl methyl sites for hydroxylation is 1. The summed E-state index contributed by atoms with van der Waals surface area (Å²) in [5, 5.41) is 3.03. The van der Waals surface area contributed by atoms with Crippen LogP contribution in [0.1, 0.15) is 5.69 Å². The third-order valence-corrected chi connectivity index (χ3v) is 2.55. The van der Waals surface area contributed by atoms with Gasteiger partial charge in [0.25, 0.3) is 0 Å². The molecule has 1 aromatic heterocycles. The molecule has 1 aromatic carbocycles. The van der Waals surface area contributed by atoms with Crippen molar-refractivity contribution in [3.05, 3.63) is 46.9 Å². The van der Waals surface area contributed by atoms with Gasteiger partial charge in [0, 0.05) is 11.4 Å². The topological polar surface area (TPSA) is 50.9 Å². The number of nitrogen functional groups attached to an aromatic ring is 1. The van der Waals surface area contributed by atoms with Crippen molar-refractivity contribution < 1.29 is 4.39 Å². The third kappa shape index (κ3) is 2.65. The summed E-state index contributed by atoms with van der Waals surface area (Å²) in [5.74, 6) is 0.0228. The van der Waals surface area contributed by atoms with Gasteiger partial charge in [0.05, 0.1) is 10.7 Å². The summed E-state index contributed by atoms with van der Waals surface area (Å²) in [4.78, 5) is 4.23. The normalized spacial score (nSPS) is 10.3. The maximum absolute atomic E-state index is 13.2. The van der Waals surface area contributed by atoms with E-state index in [0.29, 0.717) is 17.2 Å². The van der Waals surface area contributed by atoms with Crippen molar-refractivity contribution >= 4 is 28.8 Å². The number of anilines is 3. The average Bonchev–Trinajstić information content (AvgIpc) is 2.29. The van der Waals surface area contributed by atoms with Gasteiger partial charge < -0.3 is 11.1 Å². The summed E-state index contributed by atoms with van der Waals surface area (Å²) in [7, 11) is 0. The predicted molar refractivity (Wildman–Crippen MR) is 68.1 cm³/mol. The van der Waals surface area contributed by atoms with Crippen LogP contribution in [0.2, 0.25) is 5.02 Å². The summed E-state index contributed by atoms with van der Waals surface area (Å²) in [6, 6.07) is 7.99. The number of pyridine rings is 1. The molecule has 88 valence electrons. The third-order valence-electron chi connectivity index (χ3n) is 2.25. The zero-order valence-corrected chi connectivity index (χ0v) is 9.92. The number of hydrogen-bond acceptors (Lipinski definition) is 3. The fraction of sp³-hybridized carbons (Fsp3) is 0.0833. The Labute approximate surface area is 103 Å². The highest BCUT2D eigenvalue weighted by molar-refractivity contribution is 6.30. The van der Waals surface area contributed by atoms with Crippen molar-refractivity contribution in [3.8, 4) is 0 Å². The number of aromatic nitrogens is 1. The van der Waals surface area contributed by atoms with Crippen LogP contribution in [0.3, 0.4) is 0 Å². The van der Waals surface area contributed by atoms with Crippen LogP contribution >= 0.6 is 11.6 Å². The molecule has 0 bridgehead atoms. The van der Waals surface area contributed by atoms with Crippen molar-refractivity contribution in [1.82, 2.24) is 4.98 Å². The second-order valence-corrected chi connectivity index (χ2v) is 4.05. The van der Waals surface area contributed by atoms with Crippen molar-refractivity contribution in [2.75, 3.05) is 11.1 Å². The number of halogens is 2. The van der Waals surface area contributed by atoms with E-state index in [9.17, 15) is 4.39 Å². The van der Waals surface area contributed by atoms with E-state index in [1.807, 2.05) is 13.0 Å². The second-order valence-electron chi connectivity index (χ2n) is 3.64. The van der Waals surface area contributed by atoms with Crippen LogP contribution in [0, 0.1) is 12.7 Å². The molecule has 0 aliphatic rings. The Kier molecular flexibility index (Phi) is 3.15. The molecule has 0 aliphatic carbocycles. The van der Waals surface area contributed by atoms with Gasteiger partial charge in [0.15, 0.2) is 5.82 Å². The molecule has 2 aromatic rings. The maximum Gasteiger partial charge on any atom is 0.153 e. The quantitative estimate of drug-likeness (QED) is 0.859. The van der Waals surface area contributed by atoms with E-state index in [-0.39, 0.29) is 5.02 Å². The molecule has 0 spiro atoms.